The number of hydrogen-bond donors (Lipinski definition) is 2. The Morgan fingerprint density at radius 3 is 2.43 bits per heavy atom. The van der Waals surface area contributed by atoms with Gasteiger partial charge in [0.05, 0.1) is 24.1 Å². The molecule has 0 bridgehead atoms. The predicted octanol–water partition coefficient (Wildman–Crippen LogP) is 1.68. The van der Waals surface area contributed by atoms with Gasteiger partial charge in [-0.15, -0.1) is 0 Å². The number of ether oxygens (including phenoxy) is 1. The van der Waals surface area contributed by atoms with Gasteiger partial charge in [-0.3, -0.25) is 9.59 Å². The molecule has 2 amide bonds. The minimum absolute atomic E-state index is 0.0239. The first-order valence-electron chi connectivity index (χ1n) is 10.3. The summed E-state index contributed by atoms with van der Waals surface area (Å²) >= 11 is 5.80. The number of carbonyl (C=O) groups is 2. The molecule has 1 aromatic rings. The van der Waals surface area contributed by atoms with Gasteiger partial charge in [0, 0.05) is 24.2 Å². The molecule has 30 heavy (non-hydrogen) atoms. The van der Waals surface area contributed by atoms with E-state index in [9.17, 15) is 18.0 Å². The zero-order chi connectivity index (χ0) is 21.6. The van der Waals surface area contributed by atoms with Crippen LogP contribution in [0.5, 0.6) is 0 Å². The molecule has 10 heteroatoms. The lowest BCUT2D eigenvalue weighted by Crippen LogP contribution is -2.49. The molecule has 3 rings (SSSR count). The van der Waals surface area contributed by atoms with Gasteiger partial charge in [0.2, 0.25) is 21.8 Å². The van der Waals surface area contributed by atoms with Crippen LogP contribution in [0.2, 0.25) is 5.02 Å². The molecule has 8 nitrogen and oxygen atoms in total. The summed E-state index contributed by atoms with van der Waals surface area (Å²) in [7, 11) is -3.85. The number of benzene rings is 1. The largest absolute Gasteiger partial charge is 0.376 e. The number of sulfonamides is 1. The van der Waals surface area contributed by atoms with Crippen LogP contribution in [0, 0.1) is 0 Å². The highest BCUT2D eigenvalue weighted by molar-refractivity contribution is 7.89. The van der Waals surface area contributed by atoms with Crippen molar-refractivity contribution in [1.29, 1.82) is 0 Å². The Morgan fingerprint density at radius 2 is 1.80 bits per heavy atom. The van der Waals surface area contributed by atoms with Crippen LogP contribution < -0.4 is 10.0 Å². The fourth-order valence-electron chi connectivity index (χ4n) is 3.84. The first kappa shape index (κ1) is 23.0. The molecule has 2 N–H and O–H groups in total. The van der Waals surface area contributed by atoms with E-state index in [1.807, 2.05) is 0 Å². The second-order valence-electron chi connectivity index (χ2n) is 7.68. The molecule has 1 aromatic carbocycles. The topological polar surface area (TPSA) is 105 Å². The number of nitrogens with zero attached hydrogens (tertiary/aromatic N) is 1. The molecule has 1 atom stereocenters. The first-order valence-corrected chi connectivity index (χ1v) is 12.1. The Kier molecular flexibility index (Phi) is 8.10. The molecule has 0 unspecified atom stereocenters. The average Bonchev–Trinajstić information content (AvgIpc) is 3.43. The molecule has 2 aliphatic rings. The van der Waals surface area contributed by atoms with Gasteiger partial charge in [-0.25, -0.2) is 13.1 Å². The van der Waals surface area contributed by atoms with Crippen molar-refractivity contribution < 1.29 is 22.7 Å². The van der Waals surface area contributed by atoms with E-state index in [-0.39, 0.29) is 29.5 Å². The zero-order valence-corrected chi connectivity index (χ0v) is 18.4. The van der Waals surface area contributed by atoms with E-state index in [1.165, 1.54) is 29.2 Å². The molecular weight excluding hydrogens is 430 g/mol. The third-order valence-corrected chi connectivity index (χ3v) is 7.16. The molecule has 1 aliphatic heterocycles. The van der Waals surface area contributed by atoms with Crippen LogP contribution in [0.1, 0.15) is 38.5 Å². The van der Waals surface area contributed by atoms with E-state index in [1.54, 1.807) is 0 Å². The Bertz CT molecular complexity index is 835. The van der Waals surface area contributed by atoms with E-state index in [4.69, 9.17) is 16.3 Å². The maximum absolute atomic E-state index is 12.8. The van der Waals surface area contributed by atoms with Crippen LogP contribution in [0.4, 0.5) is 0 Å². The Balaban J connectivity index is 1.57. The van der Waals surface area contributed by atoms with E-state index in [0.29, 0.717) is 18.2 Å². The summed E-state index contributed by atoms with van der Waals surface area (Å²) in [6, 6.07) is 5.65. The molecule has 0 radical (unpaired) electrons. The number of halogens is 1. The number of amides is 2. The molecule has 0 aromatic heterocycles. The van der Waals surface area contributed by atoms with Crippen molar-refractivity contribution in [2.75, 3.05) is 26.2 Å². The van der Waals surface area contributed by atoms with E-state index in [0.717, 1.165) is 38.5 Å². The second kappa shape index (κ2) is 10.6. The molecule has 2 fully saturated rings. The first-order chi connectivity index (χ1) is 14.3. The van der Waals surface area contributed by atoms with E-state index < -0.39 is 22.5 Å². The summed E-state index contributed by atoms with van der Waals surface area (Å²) in [6.45, 7) is 0.648. The molecule has 1 saturated carbocycles. The Labute approximate surface area is 182 Å². The minimum Gasteiger partial charge on any atom is -0.376 e. The van der Waals surface area contributed by atoms with Crippen LogP contribution in [-0.2, 0) is 24.3 Å². The van der Waals surface area contributed by atoms with Gasteiger partial charge < -0.3 is 15.0 Å². The molecule has 1 saturated heterocycles. The van der Waals surface area contributed by atoms with Gasteiger partial charge in [-0.05, 0) is 49.9 Å². The van der Waals surface area contributed by atoms with E-state index >= 15 is 0 Å². The van der Waals surface area contributed by atoms with Crippen LogP contribution in [-0.4, -0.2) is 63.5 Å². The Morgan fingerprint density at radius 1 is 1.10 bits per heavy atom. The fourth-order valence-corrected chi connectivity index (χ4v) is 4.94. The second-order valence-corrected chi connectivity index (χ2v) is 9.88. The van der Waals surface area contributed by atoms with Crippen LogP contribution in [0.25, 0.3) is 0 Å². The standard InChI is InChI=1S/C20H28ClN3O5S/c21-15-7-9-18(10-8-15)30(27,28)23-13-20(26)24(16-4-1-2-5-16)14-19(25)22-12-17-6-3-11-29-17/h7-10,16-17,23H,1-6,11-14H2,(H,22,25)/t17-/m0/s1. The van der Waals surface area contributed by atoms with Crippen LogP contribution in [0.3, 0.4) is 0 Å². The quantitative estimate of drug-likeness (QED) is 0.587. The highest BCUT2D eigenvalue weighted by atomic mass is 35.5. The zero-order valence-electron chi connectivity index (χ0n) is 16.8. The molecule has 1 aliphatic carbocycles. The number of rotatable bonds is 9. The lowest BCUT2D eigenvalue weighted by Gasteiger charge is -2.28. The molecule has 0 spiro atoms. The van der Waals surface area contributed by atoms with Gasteiger partial charge >= 0.3 is 0 Å². The fraction of sp³-hybridized carbons (Fsp3) is 0.600. The predicted molar refractivity (Wildman–Crippen MR) is 113 cm³/mol. The van der Waals surface area contributed by atoms with Crippen molar-refractivity contribution in [3.8, 4) is 0 Å². The molecule has 166 valence electrons. The van der Waals surface area contributed by atoms with Crippen molar-refractivity contribution in [3.63, 3.8) is 0 Å². The highest BCUT2D eigenvalue weighted by Gasteiger charge is 2.29. The average molecular weight is 458 g/mol. The number of nitrogens with one attached hydrogen (secondary N) is 2. The minimum atomic E-state index is -3.85. The summed E-state index contributed by atoms with van der Waals surface area (Å²) in [5.41, 5.74) is 0. The van der Waals surface area contributed by atoms with Crippen LogP contribution >= 0.6 is 11.6 Å². The van der Waals surface area contributed by atoms with Gasteiger partial charge in [-0.2, -0.15) is 0 Å². The highest BCUT2D eigenvalue weighted by Crippen LogP contribution is 2.23. The third-order valence-electron chi connectivity index (χ3n) is 5.49. The summed E-state index contributed by atoms with van der Waals surface area (Å²) < 4.78 is 32.7. The van der Waals surface area contributed by atoms with Gasteiger partial charge in [0.25, 0.3) is 0 Å². The normalized spacial score (nSPS) is 19.7. The van der Waals surface area contributed by atoms with Crippen molar-refractivity contribution in [1.82, 2.24) is 14.9 Å². The summed E-state index contributed by atoms with van der Waals surface area (Å²) in [5.74, 6) is -0.669. The number of hydrogen-bond acceptors (Lipinski definition) is 5. The third kappa shape index (κ3) is 6.41. The lowest BCUT2D eigenvalue weighted by molar-refractivity contribution is -0.137. The van der Waals surface area contributed by atoms with Crippen LogP contribution in [0.15, 0.2) is 29.2 Å². The van der Waals surface area contributed by atoms with Gasteiger partial charge in [0.1, 0.15) is 0 Å². The lowest BCUT2D eigenvalue weighted by atomic mass is 10.2. The smallest absolute Gasteiger partial charge is 0.241 e. The molecule has 1 heterocycles. The summed E-state index contributed by atoms with van der Waals surface area (Å²) in [6.07, 6.45) is 5.53. The summed E-state index contributed by atoms with van der Waals surface area (Å²) in [5, 5.41) is 3.25. The SMILES string of the molecule is O=C(CN(C(=O)CNS(=O)(=O)c1ccc(Cl)cc1)C1CCCC1)NC[C@@H]1CCCO1. The van der Waals surface area contributed by atoms with Crippen molar-refractivity contribution in [3.05, 3.63) is 29.3 Å². The maximum Gasteiger partial charge on any atom is 0.241 e. The number of carbonyl (C=O) groups excluding carboxylic acids is 2. The maximum atomic E-state index is 12.8. The van der Waals surface area contributed by atoms with Gasteiger partial charge in [0.15, 0.2) is 0 Å². The van der Waals surface area contributed by atoms with Gasteiger partial charge in [-0.1, -0.05) is 24.4 Å². The van der Waals surface area contributed by atoms with Crippen molar-refractivity contribution in [2.45, 2.75) is 55.6 Å². The summed E-state index contributed by atoms with van der Waals surface area (Å²) in [4.78, 5) is 26.8. The monoisotopic (exact) mass is 457 g/mol. The van der Waals surface area contributed by atoms with Crippen molar-refractivity contribution in [2.24, 2.45) is 0 Å². The van der Waals surface area contributed by atoms with E-state index in [2.05, 4.69) is 10.0 Å². The Hall–Kier alpha value is -1.68. The van der Waals surface area contributed by atoms with Crippen molar-refractivity contribution >= 4 is 33.4 Å². The molecular formula is C20H28ClN3O5S.